The van der Waals surface area contributed by atoms with Crippen LogP contribution in [0.1, 0.15) is 57.2 Å². The molecule has 0 aliphatic carbocycles. The van der Waals surface area contributed by atoms with Crippen LogP contribution < -0.4 is 15.4 Å². The van der Waals surface area contributed by atoms with Crippen molar-refractivity contribution in [2.24, 2.45) is 0 Å². The molecule has 2 aromatic carbocycles. The molecule has 2 rings (SSSR count). The molecule has 0 spiro atoms. The van der Waals surface area contributed by atoms with Crippen LogP contribution in [0, 0.1) is 6.92 Å². The molecular formula is C24H36NO2P. The van der Waals surface area contributed by atoms with E-state index in [-0.39, 0.29) is 11.9 Å². The molecule has 1 unspecified atom stereocenters. The van der Waals surface area contributed by atoms with Gasteiger partial charge in [0.1, 0.15) is 5.75 Å². The lowest BCUT2D eigenvalue weighted by molar-refractivity contribution is 0.0499. The maximum Gasteiger partial charge on any atom is 0.188 e. The number of rotatable bonds is 11. The van der Waals surface area contributed by atoms with E-state index in [1.165, 1.54) is 22.0 Å². The second kappa shape index (κ2) is 11.0. The van der Waals surface area contributed by atoms with Crippen LogP contribution in [0.2, 0.25) is 0 Å². The van der Waals surface area contributed by atoms with Gasteiger partial charge < -0.3 is 14.8 Å². The first-order valence-electron chi connectivity index (χ1n) is 10.3. The SMILES string of the molecule is CCC(CC)(Pc1c(C)cccc1CNC(C)C)c1ccccc1OCOC. The molecule has 0 fully saturated rings. The van der Waals surface area contributed by atoms with E-state index in [1.807, 2.05) is 6.07 Å². The van der Waals surface area contributed by atoms with E-state index in [0.29, 0.717) is 14.6 Å². The van der Waals surface area contributed by atoms with Gasteiger partial charge in [0, 0.05) is 30.4 Å². The number of hydrogen-bond donors (Lipinski definition) is 1. The van der Waals surface area contributed by atoms with Gasteiger partial charge in [-0.25, -0.2) is 0 Å². The topological polar surface area (TPSA) is 30.5 Å². The van der Waals surface area contributed by atoms with Crippen LogP contribution in [0.3, 0.4) is 0 Å². The van der Waals surface area contributed by atoms with Crippen molar-refractivity contribution in [1.29, 1.82) is 0 Å². The number of ether oxygens (including phenoxy) is 2. The van der Waals surface area contributed by atoms with Gasteiger partial charge in [0.25, 0.3) is 0 Å². The van der Waals surface area contributed by atoms with Crippen LogP contribution in [-0.2, 0) is 16.4 Å². The van der Waals surface area contributed by atoms with Crippen molar-refractivity contribution < 1.29 is 9.47 Å². The van der Waals surface area contributed by atoms with Crippen molar-refractivity contribution in [1.82, 2.24) is 5.32 Å². The van der Waals surface area contributed by atoms with E-state index in [4.69, 9.17) is 9.47 Å². The lowest BCUT2D eigenvalue weighted by Crippen LogP contribution is -2.28. The monoisotopic (exact) mass is 401 g/mol. The van der Waals surface area contributed by atoms with E-state index in [0.717, 1.165) is 25.1 Å². The van der Waals surface area contributed by atoms with Gasteiger partial charge >= 0.3 is 0 Å². The van der Waals surface area contributed by atoms with Gasteiger partial charge in [0.05, 0.1) is 0 Å². The Morgan fingerprint density at radius 3 is 2.39 bits per heavy atom. The summed E-state index contributed by atoms with van der Waals surface area (Å²) in [7, 11) is 2.35. The fourth-order valence-corrected chi connectivity index (χ4v) is 5.38. The number of para-hydroxylation sites is 1. The highest BCUT2D eigenvalue weighted by Crippen LogP contribution is 2.50. The summed E-state index contributed by atoms with van der Waals surface area (Å²) in [4.78, 5) is 0. The third kappa shape index (κ3) is 5.56. The highest BCUT2D eigenvalue weighted by Gasteiger charge is 2.33. The van der Waals surface area contributed by atoms with Crippen molar-refractivity contribution in [3.8, 4) is 5.75 Å². The molecule has 0 saturated heterocycles. The summed E-state index contributed by atoms with van der Waals surface area (Å²) in [5.41, 5.74) is 4.08. The number of aryl methyl sites for hydroxylation is 1. The first-order valence-corrected chi connectivity index (χ1v) is 11.3. The summed E-state index contributed by atoms with van der Waals surface area (Å²) in [6.07, 6.45) is 2.14. The molecule has 0 aliphatic heterocycles. The third-order valence-electron chi connectivity index (χ3n) is 5.37. The smallest absolute Gasteiger partial charge is 0.188 e. The summed E-state index contributed by atoms with van der Waals surface area (Å²) in [6, 6.07) is 15.6. The Morgan fingerprint density at radius 2 is 1.75 bits per heavy atom. The maximum absolute atomic E-state index is 5.94. The molecule has 1 N–H and O–H groups in total. The summed E-state index contributed by atoms with van der Waals surface area (Å²) in [5, 5.41) is 5.14. The summed E-state index contributed by atoms with van der Waals surface area (Å²) in [5.74, 6) is 0.941. The van der Waals surface area contributed by atoms with Gasteiger partial charge in [-0.1, -0.05) is 72.7 Å². The molecule has 3 nitrogen and oxygen atoms in total. The Balaban J connectivity index is 2.46. The van der Waals surface area contributed by atoms with Crippen LogP contribution in [0.4, 0.5) is 0 Å². The third-order valence-corrected chi connectivity index (χ3v) is 7.79. The van der Waals surface area contributed by atoms with Gasteiger partial charge in [0.2, 0.25) is 0 Å². The molecule has 1 atom stereocenters. The Bertz CT molecular complexity index is 741. The molecule has 0 heterocycles. The molecule has 4 heteroatoms. The Kier molecular flexibility index (Phi) is 8.95. The van der Waals surface area contributed by atoms with E-state index in [9.17, 15) is 0 Å². The van der Waals surface area contributed by atoms with Gasteiger partial charge in [-0.2, -0.15) is 0 Å². The van der Waals surface area contributed by atoms with Gasteiger partial charge in [0.15, 0.2) is 6.79 Å². The molecule has 0 aromatic heterocycles. The largest absolute Gasteiger partial charge is 0.467 e. The molecule has 28 heavy (non-hydrogen) atoms. The summed E-state index contributed by atoms with van der Waals surface area (Å²) in [6.45, 7) is 12.4. The lowest BCUT2D eigenvalue weighted by atomic mass is 9.92. The first kappa shape index (κ1) is 22.9. The quantitative estimate of drug-likeness (QED) is 0.399. The highest BCUT2D eigenvalue weighted by molar-refractivity contribution is 7.48. The molecule has 0 radical (unpaired) electrons. The molecule has 0 aliphatic rings. The van der Waals surface area contributed by atoms with Crippen molar-refractivity contribution in [3.05, 3.63) is 59.2 Å². The van der Waals surface area contributed by atoms with E-state index < -0.39 is 0 Å². The average molecular weight is 402 g/mol. The Labute approximate surface area is 173 Å². The van der Waals surface area contributed by atoms with Crippen molar-refractivity contribution in [2.75, 3.05) is 13.9 Å². The molecule has 2 aromatic rings. The summed E-state index contributed by atoms with van der Waals surface area (Å²) >= 11 is 0. The van der Waals surface area contributed by atoms with Crippen LogP contribution in [0.15, 0.2) is 42.5 Å². The summed E-state index contributed by atoms with van der Waals surface area (Å²) < 4.78 is 11.1. The normalized spacial score (nSPS) is 12.2. The minimum atomic E-state index is 0.0586. The zero-order chi connectivity index (χ0) is 20.6. The van der Waals surface area contributed by atoms with E-state index in [1.54, 1.807) is 7.11 Å². The zero-order valence-electron chi connectivity index (χ0n) is 18.3. The molecule has 154 valence electrons. The fraction of sp³-hybridized carbons (Fsp3) is 0.500. The van der Waals surface area contributed by atoms with Crippen LogP contribution in [0.5, 0.6) is 5.75 Å². The van der Waals surface area contributed by atoms with Gasteiger partial charge in [-0.05, 0) is 42.3 Å². The predicted molar refractivity (Wildman–Crippen MR) is 122 cm³/mol. The Hall–Kier alpha value is -1.41. The van der Waals surface area contributed by atoms with Crippen molar-refractivity contribution in [3.63, 3.8) is 0 Å². The maximum atomic E-state index is 5.94. The van der Waals surface area contributed by atoms with Crippen LogP contribution >= 0.6 is 8.58 Å². The van der Waals surface area contributed by atoms with E-state index in [2.05, 4.69) is 76.3 Å². The first-order chi connectivity index (χ1) is 13.5. The van der Waals surface area contributed by atoms with Gasteiger partial charge in [-0.15, -0.1) is 0 Å². The minimum Gasteiger partial charge on any atom is -0.467 e. The van der Waals surface area contributed by atoms with E-state index >= 15 is 0 Å². The minimum absolute atomic E-state index is 0.0586. The number of benzene rings is 2. The number of hydrogen-bond acceptors (Lipinski definition) is 3. The Morgan fingerprint density at radius 1 is 1.04 bits per heavy atom. The van der Waals surface area contributed by atoms with Crippen molar-refractivity contribution >= 4 is 13.9 Å². The fourth-order valence-electron chi connectivity index (χ4n) is 3.59. The predicted octanol–water partition coefficient (Wildman–Crippen LogP) is 5.50. The van der Waals surface area contributed by atoms with Crippen LogP contribution in [0.25, 0.3) is 0 Å². The van der Waals surface area contributed by atoms with Gasteiger partial charge in [-0.3, -0.25) is 0 Å². The van der Waals surface area contributed by atoms with Crippen molar-refractivity contribution in [2.45, 2.75) is 65.2 Å². The van der Waals surface area contributed by atoms with Crippen LogP contribution in [-0.4, -0.2) is 19.9 Å². The molecule has 0 bridgehead atoms. The molecular weight excluding hydrogens is 365 g/mol. The molecule has 0 saturated carbocycles. The number of nitrogens with one attached hydrogen (secondary N) is 1. The second-order valence-corrected chi connectivity index (χ2v) is 9.31. The molecule has 0 amide bonds. The highest BCUT2D eigenvalue weighted by atomic mass is 31.1. The zero-order valence-corrected chi connectivity index (χ0v) is 19.3. The standard InChI is InChI=1S/C24H36NO2P/c1-7-24(8-2,21-14-9-10-15-22(21)27-17-26-6)28-23-19(5)12-11-13-20(23)16-25-18(3)4/h9-15,18,25,28H,7-8,16-17H2,1-6H3. The average Bonchev–Trinajstić information content (AvgIpc) is 2.70. The second-order valence-electron chi connectivity index (χ2n) is 7.61. The lowest BCUT2D eigenvalue weighted by Gasteiger charge is -2.35. The number of methoxy groups -OCH3 is 1.